The molecule has 0 radical (unpaired) electrons. The first-order chi connectivity index (χ1) is 17.0. The number of anilines is 2. The second-order valence-electron chi connectivity index (χ2n) is 9.79. The fraction of sp³-hybridized carbons (Fsp3) is 0.370. The van der Waals surface area contributed by atoms with Gasteiger partial charge in [0, 0.05) is 24.1 Å². The smallest absolute Gasteiger partial charge is 0.315 e. The van der Waals surface area contributed by atoms with Gasteiger partial charge in [0.15, 0.2) is 0 Å². The summed E-state index contributed by atoms with van der Waals surface area (Å²) in [5.41, 5.74) is 2.28. The Hall–Kier alpha value is -3.75. The molecule has 0 unspecified atom stereocenters. The molecule has 7 nitrogen and oxygen atoms in total. The lowest BCUT2D eigenvalue weighted by Crippen LogP contribution is -2.41. The van der Waals surface area contributed by atoms with Gasteiger partial charge in [0.2, 0.25) is 5.91 Å². The molecule has 0 bridgehead atoms. The summed E-state index contributed by atoms with van der Waals surface area (Å²) in [6, 6.07) is 11.8. The second kappa shape index (κ2) is 11.3. The zero-order chi connectivity index (χ0) is 26.5. The van der Waals surface area contributed by atoms with Crippen molar-refractivity contribution in [2.75, 3.05) is 23.7 Å². The molecule has 0 saturated carbocycles. The number of nitrogens with one attached hydrogen (secondary N) is 2. The number of aromatic nitrogens is 2. The lowest BCUT2D eigenvalue weighted by atomic mass is 9.92. The molecule has 2 N–H and O–H groups in total. The monoisotopic (exact) mass is 497 g/mol. The van der Waals surface area contributed by atoms with Crippen molar-refractivity contribution >= 4 is 23.4 Å². The summed E-state index contributed by atoms with van der Waals surface area (Å²) in [6.45, 7) is 10.1. The van der Waals surface area contributed by atoms with Crippen LogP contribution in [0, 0.1) is 18.6 Å². The van der Waals surface area contributed by atoms with E-state index in [1.165, 1.54) is 4.90 Å². The van der Waals surface area contributed by atoms with Crippen molar-refractivity contribution in [3.8, 4) is 5.69 Å². The van der Waals surface area contributed by atoms with Gasteiger partial charge < -0.3 is 15.5 Å². The minimum atomic E-state index is -0.889. The van der Waals surface area contributed by atoms with E-state index in [4.69, 9.17) is 5.10 Å². The largest absolute Gasteiger partial charge is 0.322 e. The quantitative estimate of drug-likeness (QED) is 0.399. The molecule has 9 heteroatoms. The van der Waals surface area contributed by atoms with Crippen LogP contribution in [0.25, 0.3) is 5.69 Å². The van der Waals surface area contributed by atoms with E-state index in [0.29, 0.717) is 24.8 Å². The normalized spacial score (nSPS) is 11.3. The zero-order valence-corrected chi connectivity index (χ0v) is 21.4. The van der Waals surface area contributed by atoms with Crippen LogP contribution in [-0.2, 0) is 10.2 Å². The Balaban J connectivity index is 1.81. The molecule has 1 heterocycles. The van der Waals surface area contributed by atoms with Crippen molar-refractivity contribution in [2.45, 2.75) is 52.9 Å². The van der Waals surface area contributed by atoms with Gasteiger partial charge in [-0.3, -0.25) is 4.79 Å². The van der Waals surface area contributed by atoms with E-state index in [1.807, 2.05) is 65.0 Å². The van der Waals surface area contributed by atoms with Crippen LogP contribution in [0.5, 0.6) is 0 Å². The van der Waals surface area contributed by atoms with Crippen LogP contribution in [0.15, 0.2) is 48.5 Å². The molecule has 192 valence electrons. The van der Waals surface area contributed by atoms with E-state index in [1.54, 1.807) is 4.68 Å². The number of rotatable bonds is 8. The zero-order valence-electron chi connectivity index (χ0n) is 21.4. The summed E-state index contributed by atoms with van der Waals surface area (Å²) in [5, 5.41) is 10.0. The molecular weight excluding hydrogens is 464 g/mol. The molecule has 1 aromatic heterocycles. The van der Waals surface area contributed by atoms with Crippen LogP contribution in [-0.4, -0.2) is 39.7 Å². The molecule has 36 heavy (non-hydrogen) atoms. The molecule has 0 fully saturated rings. The summed E-state index contributed by atoms with van der Waals surface area (Å²) in [4.78, 5) is 27.2. The third kappa shape index (κ3) is 6.90. The van der Waals surface area contributed by atoms with Crippen LogP contribution < -0.4 is 10.6 Å². The molecule has 0 atom stereocenters. The first kappa shape index (κ1) is 26.8. The maximum Gasteiger partial charge on any atom is 0.322 e. The number of unbranched alkanes of at least 4 members (excludes halogenated alkanes) is 1. The molecule has 0 spiro atoms. The van der Waals surface area contributed by atoms with Gasteiger partial charge in [0.05, 0.1) is 17.1 Å². The highest BCUT2D eigenvalue weighted by Gasteiger charge is 2.23. The fourth-order valence-corrected chi connectivity index (χ4v) is 3.46. The van der Waals surface area contributed by atoms with E-state index in [0.717, 1.165) is 35.5 Å². The van der Waals surface area contributed by atoms with Crippen LogP contribution >= 0.6 is 0 Å². The van der Waals surface area contributed by atoms with Crippen molar-refractivity contribution in [1.29, 1.82) is 0 Å². The number of aryl methyl sites for hydroxylation is 1. The van der Waals surface area contributed by atoms with Gasteiger partial charge in [-0.25, -0.2) is 18.3 Å². The number of hydrogen-bond acceptors (Lipinski definition) is 3. The van der Waals surface area contributed by atoms with Gasteiger partial charge in [-0.05, 0) is 37.6 Å². The first-order valence-electron chi connectivity index (χ1n) is 12.0. The maximum absolute atomic E-state index is 14.0. The molecule has 0 aliphatic rings. The summed E-state index contributed by atoms with van der Waals surface area (Å²) >= 11 is 0. The van der Waals surface area contributed by atoms with Gasteiger partial charge in [0.25, 0.3) is 0 Å². The Morgan fingerprint density at radius 3 is 2.33 bits per heavy atom. The Morgan fingerprint density at radius 1 is 1.03 bits per heavy atom. The minimum Gasteiger partial charge on any atom is -0.315 e. The third-order valence-corrected chi connectivity index (χ3v) is 5.60. The maximum atomic E-state index is 14.0. The number of urea groups is 1. The number of carbonyl (C=O) groups excluding carboxylic acids is 2. The van der Waals surface area contributed by atoms with E-state index in [9.17, 15) is 18.4 Å². The Bertz CT molecular complexity index is 1220. The van der Waals surface area contributed by atoms with Crippen LogP contribution in [0.2, 0.25) is 0 Å². The van der Waals surface area contributed by atoms with Crippen molar-refractivity contribution in [3.63, 3.8) is 0 Å². The lowest BCUT2D eigenvalue weighted by Gasteiger charge is -2.22. The molecule has 3 amide bonds. The average Bonchev–Trinajstić information content (AvgIpc) is 3.23. The average molecular weight is 498 g/mol. The number of hydrogen-bond donors (Lipinski definition) is 2. The van der Waals surface area contributed by atoms with Crippen molar-refractivity contribution in [2.24, 2.45) is 0 Å². The highest BCUT2D eigenvalue weighted by Crippen LogP contribution is 2.26. The molecule has 3 rings (SSSR count). The summed E-state index contributed by atoms with van der Waals surface area (Å²) in [5.74, 6) is -1.57. The molecule has 0 aliphatic heterocycles. The van der Waals surface area contributed by atoms with Crippen LogP contribution in [0.4, 0.5) is 25.1 Å². The number of carbonyl (C=O) groups is 2. The van der Waals surface area contributed by atoms with Crippen LogP contribution in [0.1, 0.15) is 51.8 Å². The Kier molecular flexibility index (Phi) is 8.45. The topological polar surface area (TPSA) is 79.3 Å². The van der Waals surface area contributed by atoms with Gasteiger partial charge in [-0.2, -0.15) is 5.10 Å². The van der Waals surface area contributed by atoms with Crippen molar-refractivity contribution < 1.29 is 18.4 Å². The van der Waals surface area contributed by atoms with Gasteiger partial charge >= 0.3 is 6.03 Å². The van der Waals surface area contributed by atoms with Crippen molar-refractivity contribution in [3.05, 3.63) is 71.4 Å². The SMILES string of the molecule is CCCCN(CC(=O)Nc1cc(C(C)(C)C)nn1-c1ccc(C)cc1)C(=O)Nc1ccc(F)cc1F. The van der Waals surface area contributed by atoms with E-state index in [2.05, 4.69) is 10.6 Å². The van der Waals surface area contributed by atoms with Gasteiger partial charge in [-0.1, -0.05) is 51.8 Å². The number of benzene rings is 2. The Labute approximate surface area is 210 Å². The summed E-state index contributed by atoms with van der Waals surface area (Å²) in [7, 11) is 0. The predicted octanol–water partition coefficient (Wildman–Crippen LogP) is 6.03. The molecule has 2 aromatic carbocycles. The number of amides is 3. The van der Waals surface area contributed by atoms with E-state index in [-0.39, 0.29) is 17.6 Å². The molecular formula is C27H33F2N5O2. The minimum absolute atomic E-state index is 0.157. The highest BCUT2D eigenvalue weighted by molar-refractivity contribution is 5.96. The third-order valence-electron chi connectivity index (χ3n) is 5.60. The van der Waals surface area contributed by atoms with Gasteiger partial charge in [0.1, 0.15) is 24.0 Å². The number of nitrogens with zero attached hydrogens (tertiary/aromatic N) is 3. The summed E-state index contributed by atoms with van der Waals surface area (Å²) in [6.07, 6.45) is 1.45. The lowest BCUT2D eigenvalue weighted by molar-refractivity contribution is -0.116. The first-order valence-corrected chi connectivity index (χ1v) is 12.0. The van der Waals surface area contributed by atoms with Crippen LogP contribution in [0.3, 0.4) is 0 Å². The van der Waals surface area contributed by atoms with Gasteiger partial charge in [-0.15, -0.1) is 0 Å². The summed E-state index contributed by atoms with van der Waals surface area (Å²) < 4.78 is 28.9. The van der Waals surface area contributed by atoms with E-state index < -0.39 is 23.6 Å². The van der Waals surface area contributed by atoms with Crippen molar-refractivity contribution in [1.82, 2.24) is 14.7 Å². The second-order valence-corrected chi connectivity index (χ2v) is 9.79. The Morgan fingerprint density at radius 2 is 1.72 bits per heavy atom. The van der Waals surface area contributed by atoms with E-state index >= 15 is 0 Å². The molecule has 0 aliphatic carbocycles. The highest BCUT2D eigenvalue weighted by atomic mass is 19.1. The predicted molar refractivity (Wildman–Crippen MR) is 137 cm³/mol. The number of halogens is 2. The standard InChI is InChI=1S/C27H33F2N5O2/c1-6-7-14-33(26(36)30-22-13-10-19(28)15-21(22)29)17-25(35)31-24-16-23(27(3,4)5)32-34(24)20-11-8-18(2)9-12-20/h8-13,15-16H,6-7,14,17H2,1-5H3,(H,30,36)(H,31,35). The fourth-order valence-electron chi connectivity index (χ4n) is 3.46. The molecule has 0 saturated heterocycles. The molecule has 3 aromatic rings.